The predicted molar refractivity (Wildman–Crippen MR) is 216 cm³/mol. The number of para-hydroxylation sites is 1. The third-order valence-electron chi connectivity index (χ3n) is 8.81. The van der Waals surface area contributed by atoms with E-state index >= 15 is 0 Å². The molecule has 17 nitrogen and oxygen atoms in total. The number of benzene rings is 2. The van der Waals surface area contributed by atoms with Gasteiger partial charge in [0, 0.05) is 49.8 Å². The van der Waals surface area contributed by atoms with Crippen molar-refractivity contribution >= 4 is 58.2 Å². The third-order valence-corrected chi connectivity index (χ3v) is 8.81. The Kier molecular flexibility index (Phi) is 18.2. The average molecular weight is 789 g/mol. The summed E-state index contributed by atoms with van der Waals surface area (Å²) in [5.74, 6) is -4.51. The van der Waals surface area contributed by atoms with Crippen LogP contribution in [0.5, 0.6) is 0 Å². The molecule has 0 saturated carbocycles. The Morgan fingerprint density at radius 1 is 0.737 bits per heavy atom. The van der Waals surface area contributed by atoms with Gasteiger partial charge in [-0.05, 0) is 48.8 Å². The van der Waals surface area contributed by atoms with E-state index in [2.05, 4.69) is 41.9 Å². The van der Waals surface area contributed by atoms with Crippen LogP contribution in [0, 0.1) is 5.92 Å². The Morgan fingerprint density at radius 2 is 1.39 bits per heavy atom. The number of hydrogen-bond donors (Lipinski definition) is 9. The first-order valence-electron chi connectivity index (χ1n) is 19.1. The number of nitrogens with two attached hydrogens (primary N) is 2. The second-order valence-electron chi connectivity index (χ2n) is 14.2. The van der Waals surface area contributed by atoms with Crippen LogP contribution in [0.3, 0.4) is 0 Å². The highest BCUT2D eigenvalue weighted by molar-refractivity contribution is 6.01. The molecule has 0 saturated heterocycles. The lowest BCUT2D eigenvalue weighted by molar-refractivity contribution is -0.136. The Morgan fingerprint density at radius 3 is 2.05 bits per heavy atom. The van der Waals surface area contributed by atoms with E-state index in [1.807, 2.05) is 56.3 Å². The summed E-state index contributed by atoms with van der Waals surface area (Å²) in [5.41, 5.74) is 13.3. The summed E-state index contributed by atoms with van der Waals surface area (Å²) in [5, 5.41) is 16.4. The van der Waals surface area contributed by atoms with Gasteiger partial charge in [-0.2, -0.15) is 0 Å². The van der Waals surface area contributed by atoms with Gasteiger partial charge in [-0.25, -0.2) is 0 Å². The molecule has 17 heteroatoms. The minimum Gasteiger partial charge on any atom is -0.370 e. The van der Waals surface area contributed by atoms with E-state index in [0.29, 0.717) is 6.42 Å². The van der Waals surface area contributed by atoms with Gasteiger partial charge in [0.2, 0.25) is 41.4 Å². The van der Waals surface area contributed by atoms with Crippen molar-refractivity contribution in [1.82, 2.24) is 36.9 Å². The molecule has 4 atom stereocenters. The van der Waals surface area contributed by atoms with Gasteiger partial charge in [0.1, 0.15) is 24.2 Å². The van der Waals surface area contributed by atoms with Gasteiger partial charge in [-0.15, -0.1) is 0 Å². The Hall–Kier alpha value is -6.26. The van der Waals surface area contributed by atoms with Crippen LogP contribution in [0.15, 0.2) is 65.8 Å². The molecule has 0 fully saturated rings. The number of guanidine groups is 1. The first kappa shape index (κ1) is 45.1. The quantitative estimate of drug-likeness (QED) is 0.0391. The van der Waals surface area contributed by atoms with Gasteiger partial charge in [0.15, 0.2) is 5.96 Å². The van der Waals surface area contributed by atoms with E-state index in [1.165, 1.54) is 6.92 Å². The van der Waals surface area contributed by atoms with Crippen molar-refractivity contribution < 1.29 is 33.6 Å². The maximum absolute atomic E-state index is 14.0. The van der Waals surface area contributed by atoms with Crippen molar-refractivity contribution in [3.05, 3.63) is 71.9 Å². The summed E-state index contributed by atoms with van der Waals surface area (Å²) in [7, 11) is 0. The molecule has 0 aliphatic heterocycles. The van der Waals surface area contributed by atoms with Crippen molar-refractivity contribution in [3.8, 4) is 0 Å². The van der Waals surface area contributed by atoms with Crippen molar-refractivity contribution in [2.75, 3.05) is 13.1 Å². The molecule has 0 bridgehead atoms. The summed E-state index contributed by atoms with van der Waals surface area (Å²) in [6.07, 6.45) is 3.06. The van der Waals surface area contributed by atoms with Gasteiger partial charge < -0.3 is 43.0 Å². The Bertz CT molecular complexity index is 1870. The van der Waals surface area contributed by atoms with Gasteiger partial charge in [-0.1, -0.05) is 69.3 Å². The summed E-state index contributed by atoms with van der Waals surface area (Å²) in [6.45, 7) is 6.44. The molecule has 308 valence electrons. The summed E-state index contributed by atoms with van der Waals surface area (Å²) in [4.78, 5) is 98.9. The van der Waals surface area contributed by atoms with Gasteiger partial charge in [0.05, 0.1) is 6.54 Å². The molecule has 1 heterocycles. The number of imide groups is 1. The fourth-order valence-corrected chi connectivity index (χ4v) is 6.10. The molecule has 57 heavy (non-hydrogen) atoms. The fourth-order valence-electron chi connectivity index (χ4n) is 6.10. The molecule has 0 aliphatic rings. The number of carbonyl (C=O) groups excluding carboxylic acids is 7. The van der Waals surface area contributed by atoms with Crippen molar-refractivity contribution in [2.45, 2.75) is 96.8 Å². The molecule has 3 rings (SSSR count). The predicted octanol–water partition coefficient (Wildman–Crippen LogP) is 0.571. The molecule has 0 spiro atoms. The number of aromatic nitrogens is 1. The molecular weight excluding hydrogens is 733 g/mol. The lowest BCUT2D eigenvalue weighted by Gasteiger charge is -2.26. The highest BCUT2D eigenvalue weighted by Crippen LogP contribution is 2.19. The number of carbonyl (C=O) groups is 7. The summed E-state index contributed by atoms with van der Waals surface area (Å²) in [6, 6.07) is 12.0. The summed E-state index contributed by atoms with van der Waals surface area (Å²) >= 11 is 0. The van der Waals surface area contributed by atoms with E-state index in [-0.39, 0.29) is 56.9 Å². The van der Waals surface area contributed by atoms with Crippen LogP contribution in [0.25, 0.3) is 10.9 Å². The molecule has 1 aromatic heterocycles. The minimum absolute atomic E-state index is 0.0293. The topological polar surface area (TPSA) is 272 Å². The second kappa shape index (κ2) is 23.0. The first-order chi connectivity index (χ1) is 27.2. The van der Waals surface area contributed by atoms with Crippen molar-refractivity contribution in [2.24, 2.45) is 22.4 Å². The monoisotopic (exact) mass is 788 g/mol. The number of hydrogen-bond acceptors (Lipinski definition) is 8. The normalized spacial score (nSPS) is 13.0. The fraction of sp³-hybridized carbons (Fsp3) is 0.450. The maximum atomic E-state index is 14.0. The van der Waals surface area contributed by atoms with Crippen LogP contribution >= 0.6 is 0 Å². The lowest BCUT2D eigenvalue weighted by Crippen LogP contribution is -2.58. The van der Waals surface area contributed by atoms with E-state index < -0.39 is 72.1 Å². The standard InChI is InChI=1S/C40H56N10O7/c1-5-12-34(52)50-39(57)33(21-27-22-44-29-16-10-9-15-28(27)29)49-37(55)30(17-11-18-43-40(41)42)48-38(56)31(19-24(2)3)47-35(53)23-45-36(54)32(46-25(4)51)20-26-13-7-6-8-14-26/h6-10,13-16,22,24,30-33,44H,5,11-12,17-21,23H2,1-4H3,(H,45,54)(H,46,51)(H,47,53)(H,48,56)(H,49,55)(H4,41,42,43)(H,50,52,57)/t30-,31+,32-,33-/m0/s1. The number of fused-ring (bicyclic) bond motifs is 1. The molecule has 7 amide bonds. The van der Waals surface area contributed by atoms with Crippen LogP contribution in [-0.2, 0) is 46.4 Å². The van der Waals surface area contributed by atoms with E-state index in [9.17, 15) is 33.6 Å². The number of aromatic amines is 1. The zero-order chi connectivity index (χ0) is 41.9. The molecule has 2 aromatic carbocycles. The van der Waals surface area contributed by atoms with E-state index in [0.717, 1.165) is 22.0 Å². The van der Waals surface area contributed by atoms with Crippen LogP contribution in [0.4, 0.5) is 0 Å². The Labute approximate surface area is 332 Å². The van der Waals surface area contributed by atoms with E-state index in [1.54, 1.807) is 25.3 Å². The van der Waals surface area contributed by atoms with E-state index in [4.69, 9.17) is 11.5 Å². The highest BCUT2D eigenvalue weighted by Gasteiger charge is 2.31. The van der Waals surface area contributed by atoms with Gasteiger partial charge in [0.25, 0.3) is 0 Å². The maximum Gasteiger partial charge on any atom is 0.249 e. The Balaban J connectivity index is 1.78. The van der Waals surface area contributed by atoms with Crippen LogP contribution in [0.2, 0.25) is 0 Å². The minimum atomic E-state index is -1.21. The molecule has 0 aliphatic carbocycles. The zero-order valence-electron chi connectivity index (χ0n) is 33.0. The molecule has 0 unspecified atom stereocenters. The van der Waals surface area contributed by atoms with Crippen LogP contribution < -0.4 is 43.4 Å². The molecule has 11 N–H and O–H groups in total. The van der Waals surface area contributed by atoms with Crippen molar-refractivity contribution in [1.29, 1.82) is 0 Å². The number of amides is 7. The number of nitrogens with one attached hydrogen (secondary N) is 7. The van der Waals surface area contributed by atoms with Gasteiger partial charge in [-0.3, -0.25) is 43.9 Å². The van der Waals surface area contributed by atoms with Crippen LogP contribution in [0.1, 0.15) is 70.9 Å². The zero-order valence-corrected chi connectivity index (χ0v) is 33.0. The largest absolute Gasteiger partial charge is 0.370 e. The number of H-pyrrole nitrogens is 1. The average Bonchev–Trinajstić information content (AvgIpc) is 3.56. The third kappa shape index (κ3) is 15.8. The number of nitrogens with zero attached hydrogens (tertiary/aromatic N) is 1. The van der Waals surface area contributed by atoms with Gasteiger partial charge >= 0.3 is 0 Å². The molecular formula is C40H56N10O7. The number of aliphatic imine (C=N–C) groups is 1. The number of rotatable bonds is 22. The molecule has 3 aromatic rings. The lowest BCUT2D eigenvalue weighted by atomic mass is 10.0. The SMILES string of the molecule is CCCC(=O)NC(=O)[C@H](Cc1c[nH]c2ccccc12)NC(=O)[C@H](CCCN=C(N)N)NC(=O)[C@@H](CC(C)C)NC(=O)CNC(=O)[C@H](Cc1ccccc1)NC(C)=O. The smallest absolute Gasteiger partial charge is 0.249 e. The first-order valence-corrected chi connectivity index (χ1v) is 19.1. The highest BCUT2D eigenvalue weighted by atomic mass is 16.2. The van der Waals surface area contributed by atoms with Crippen LogP contribution in [-0.4, -0.2) is 89.6 Å². The van der Waals surface area contributed by atoms with Crippen molar-refractivity contribution in [3.63, 3.8) is 0 Å². The molecule has 0 radical (unpaired) electrons. The second-order valence-corrected chi connectivity index (χ2v) is 14.2. The summed E-state index contributed by atoms with van der Waals surface area (Å²) < 4.78 is 0.